The van der Waals surface area contributed by atoms with Gasteiger partial charge in [0, 0.05) is 21.4 Å². The van der Waals surface area contributed by atoms with E-state index in [1.165, 1.54) is 6.08 Å². The van der Waals surface area contributed by atoms with Crippen molar-refractivity contribution in [1.82, 2.24) is 0 Å². The van der Waals surface area contributed by atoms with Gasteiger partial charge in [-0.3, -0.25) is 9.59 Å². The van der Waals surface area contributed by atoms with Crippen LogP contribution in [0.4, 0.5) is 11.4 Å². The maximum absolute atomic E-state index is 12.9. The van der Waals surface area contributed by atoms with E-state index in [1.54, 1.807) is 18.2 Å². The quantitative estimate of drug-likeness (QED) is 0.222. The molecule has 0 saturated heterocycles. The lowest BCUT2D eigenvalue weighted by molar-refractivity contribution is -0.118. The van der Waals surface area contributed by atoms with Crippen molar-refractivity contribution in [3.8, 4) is 11.8 Å². The lowest BCUT2D eigenvalue weighted by Crippen LogP contribution is -2.21. The number of anilines is 2. The van der Waals surface area contributed by atoms with Gasteiger partial charge in [-0.2, -0.15) is 5.26 Å². The number of hydrogen-bond acceptors (Lipinski definition) is 4. The molecule has 3 aromatic rings. The Hall–Kier alpha value is -3.41. The average molecular weight is 611 g/mol. The number of halogens is 2. The Bertz CT molecular complexity index is 1410. The summed E-state index contributed by atoms with van der Waals surface area (Å²) in [7, 11) is 0. The molecule has 0 spiro atoms. The van der Waals surface area contributed by atoms with Crippen LogP contribution in [0, 0.1) is 39.0 Å². The summed E-state index contributed by atoms with van der Waals surface area (Å²) >= 11 is 6.88. The van der Waals surface area contributed by atoms with Crippen LogP contribution >= 0.6 is 31.9 Å². The second kappa shape index (κ2) is 12.0. The molecule has 184 valence electrons. The van der Waals surface area contributed by atoms with E-state index >= 15 is 0 Å². The van der Waals surface area contributed by atoms with Gasteiger partial charge in [-0.25, -0.2) is 0 Å². The molecule has 0 atom stereocenters. The van der Waals surface area contributed by atoms with Crippen molar-refractivity contribution in [2.45, 2.75) is 27.7 Å². The Morgan fingerprint density at radius 1 is 0.917 bits per heavy atom. The fraction of sp³-hybridized carbons (Fsp3) is 0.179. The number of benzene rings is 3. The van der Waals surface area contributed by atoms with E-state index in [1.807, 2.05) is 64.1 Å². The van der Waals surface area contributed by atoms with Crippen molar-refractivity contribution in [2.75, 3.05) is 17.2 Å². The molecule has 3 aromatic carbocycles. The van der Waals surface area contributed by atoms with E-state index in [0.717, 1.165) is 22.3 Å². The summed E-state index contributed by atoms with van der Waals surface area (Å²) in [5, 5.41) is 15.3. The molecule has 0 fully saturated rings. The fourth-order valence-corrected chi connectivity index (χ4v) is 4.85. The number of ether oxygens (including phenoxy) is 1. The van der Waals surface area contributed by atoms with Crippen LogP contribution in [0.1, 0.15) is 27.8 Å². The Morgan fingerprint density at radius 3 is 2.31 bits per heavy atom. The van der Waals surface area contributed by atoms with Gasteiger partial charge in [-0.15, -0.1) is 0 Å². The predicted molar refractivity (Wildman–Crippen MR) is 150 cm³/mol. The molecule has 0 unspecified atom stereocenters. The van der Waals surface area contributed by atoms with Crippen molar-refractivity contribution >= 4 is 61.1 Å². The van der Waals surface area contributed by atoms with Crippen LogP contribution in [0.5, 0.6) is 5.75 Å². The number of nitrogens with zero attached hydrogens (tertiary/aromatic N) is 1. The molecule has 0 radical (unpaired) electrons. The first-order valence-electron chi connectivity index (χ1n) is 11.1. The minimum Gasteiger partial charge on any atom is -0.482 e. The molecule has 0 aliphatic heterocycles. The number of nitriles is 1. The fourth-order valence-electron chi connectivity index (χ4n) is 3.48. The predicted octanol–water partition coefficient (Wildman–Crippen LogP) is 7.01. The first-order valence-corrected chi connectivity index (χ1v) is 12.7. The van der Waals surface area contributed by atoms with Crippen molar-refractivity contribution in [3.05, 3.63) is 90.9 Å². The highest BCUT2D eigenvalue weighted by atomic mass is 79.9. The minimum absolute atomic E-state index is 0.107. The number of aryl methyl sites for hydroxylation is 4. The highest BCUT2D eigenvalue weighted by molar-refractivity contribution is 9.11. The monoisotopic (exact) mass is 609 g/mol. The third-order valence-electron chi connectivity index (χ3n) is 5.35. The first-order chi connectivity index (χ1) is 17.1. The van der Waals surface area contributed by atoms with Crippen LogP contribution in [-0.2, 0) is 9.59 Å². The van der Waals surface area contributed by atoms with Crippen LogP contribution in [-0.4, -0.2) is 18.4 Å². The lowest BCUT2D eigenvalue weighted by Gasteiger charge is -2.14. The van der Waals surface area contributed by atoms with Crippen molar-refractivity contribution in [3.63, 3.8) is 0 Å². The summed E-state index contributed by atoms with van der Waals surface area (Å²) < 4.78 is 7.11. The molecule has 36 heavy (non-hydrogen) atoms. The summed E-state index contributed by atoms with van der Waals surface area (Å²) in [6, 6.07) is 16.9. The van der Waals surface area contributed by atoms with Crippen LogP contribution in [0.15, 0.2) is 63.0 Å². The zero-order valence-electron chi connectivity index (χ0n) is 20.3. The Labute approximate surface area is 227 Å². The van der Waals surface area contributed by atoms with Gasteiger partial charge in [0.15, 0.2) is 6.61 Å². The van der Waals surface area contributed by atoms with Crippen LogP contribution in [0.2, 0.25) is 0 Å². The van der Waals surface area contributed by atoms with Gasteiger partial charge < -0.3 is 15.4 Å². The van der Waals surface area contributed by atoms with E-state index in [4.69, 9.17) is 4.74 Å². The standard InChI is InChI=1S/C28H25Br2N3O3/c1-16-6-8-24(19(4)9-16)33-28(35)21(14-31)11-20-12-22(29)13-23(30)27(20)36-15-26(34)32-25-10-17(2)5-7-18(25)3/h5-13H,15H2,1-4H3,(H,32,34)(H,33,35)/b21-11+. The van der Waals surface area contributed by atoms with E-state index in [2.05, 4.69) is 42.5 Å². The van der Waals surface area contributed by atoms with Gasteiger partial charge in [0.05, 0.1) is 4.47 Å². The number of nitrogens with one attached hydrogen (secondary N) is 2. The molecule has 0 heterocycles. The second-order valence-electron chi connectivity index (χ2n) is 8.40. The van der Waals surface area contributed by atoms with Gasteiger partial charge in [-0.05, 0) is 90.7 Å². The largest absolute Gasteiger partial charge is 0.482 e. The molecule has 8 heteroatoms. The third-order valence-corrected chi connectivity index (χ3v) is 6.39. The smallest absolute Gasteiger partial charge is 0.266 e. The highest BCUT2D eigenvalue weighted by Gasteiger charge is 2.16. The van der Waals surface area contributed by atoms with E-state index in [9.17, 15) is 14.9 Å². The minimum atomic E-state index is -0.542. The number of hydrogen-bond donors (Lipinski definition) is 2. The molecule has 2 N–H and O–H groups in total. The molecular weight excluding hydrogens is 586 g/mol. The van der Waals surface area contributed by atoms with Crippen molar-refractivity contribution < 1.29 is 14.3 Å². The normalized spacial score (nSPS) is 11.0. The Balaban J connectivity index is 1.83. The summed E-state index contributed by atoms with van der Waals surface area (Å²) in [5.74, 6) is -0.540. The van der Waals surface area contributed by atoms with Crippen LogP contribution in [0.3, 0.4) is 0 Å². The zero-order chi connectivity index (χ0) is 26.4. The van der Waals surface area contributed by atoms with Crippen molar-refractivity contribution in [2.24, 2.45) is 0 Å². The maximum Gasteiger partial charge on any atom is 0.266 e. The molecule has 2 amide bonds. The summed E-state index contributed by atoms with van der Waals surface area (Å²) in [4.78, 5) is 25.5. The lowest BCUT2D eigenvalue weighted by atomic mass is 10.1. The van der Waals surface area contributed by atoms with Crippen molar-refractivity contribution in [1.29, 1.82) is 5.26 Å². The molecule has 0 aliphatic rings. The molecule has 0 saturated carbocycles. The maximum atomic E-state index is 12.9. The van der Waals surface area contributed by atoms with Crippen LogP contribution < -0.4 is 15.4 Å². The summed E-state index contributed by atoms with van der Waals surface area (Å²) in [6.07, 6.45) is 1.44. The molecule has 6 nitrogen and oxygen atoms in total. The first kappa shape index (κ1) is 27.2. The molecule has 0 aromatic heterocycles. The van der Waals surface area contributed by atoms with Gasteiger partial charge in [0.2, 0.25) is 0 Å². The van der Waals surface area contributed by atoms with Gasteiger partial charge in [-0.1, -0.05) is 45.8 Å². The summed E-state index contributed by atoms with van der Waals surface area (Å²) in [5.41, 5.74) is 5.63. The Kier molecular flexibility index (Phi) is 9.08. The molecule has 0 aliphatic carbocycles. The molecule has 0 bridgehead atoms. The number of amides is 2. The number of rotatable bonds is 7. The highest BCUT2D eigenvalue weighted by Crippen LogP contribution is 2.34. The molecule has 3 rings (SSSR count). The number of carbonyl (C=O) groups is 2. The summed E-state index contributed by atoms with van der Waals surface area (Å²) in [6.45, 7) is 7.46. The van der Waals surface area contributed by atoms with Gasteiger partial charge in [0.1, 0.15) is 17.4 Å². The topological polar surface area (TPSA) is 91.2 Å². The SMILES string of the molecule is Cc1ccc(NC(=O)/C(C#N)=C/c2cc(Br)cc(Br)c2OCC(=O)Nc2cc(C)ccc2C)c(C)c1. The van der Waals surface area contributed by atoms with E-state index < -0.39 is 5.91 Å². The Morgan fingerprint density at radius 2 is 1.61 bits per heavy atom. The second-order valence-corrected chi connectivity index (χ2v) is 10.2. The van der Waals surface area contributed by atoms with Gasteiger partial charge >= 0.3 is 0 Å². The number of carbonyl (C=O) groups excluding carboxylic acids is 2. The average Bonchev–Trinajstić information content (AvgIpc) is 2.80. The van der Waals surface area contributed by atoms with Gasteiger partial charge in [0.25, 0.3) is 11.8 Å². The van der Waals surface area contributed by atoms with Crippen LogP contribution in [0.25, 0.3) is 6.08 Å². The van der Waals surface area contributed by atoms with E-state index in [0.29, 0.717) is 31.6 Å². The zero-order valence-corrected chi connectivity index (χ0v) is 23.5. The third kappa shape index (κ3) is 7.06. The van der Waals surface area contributed by atoms with E-state index in [-0.39, 0.29) is 18.1 Å². The molecular formula is C28H25Br2N3O3.